The monoisotopic (exact) mass is 215 g/mol. The number of hydrogen-bond donors (Lipinski definition) is 1. The Kier molecular flexibility index (Phi) is 3.43. The van der Waals surface area contributed by atoms with Crippen molar-refractivity contribution in [3.05, 3.63) is 38.9 Å². The molecule has 4 nitrogen and oxygen atoms in total. The summed E-state index contributed by atoms with van der Waals surface area (Å²) in [6.07, 6.45) is -0.0370. The van der Waals surface area contributed by atoms with Gasteiger partial charge in [-0.25, -0.2) is 0 Å². The lowest BCUT2D eigenvalue weighted by atomic mass is 10.1. The molecule has 5 heteroatoms. The zero-order chi connectivity index (χ0) is 10.7. The highest BCUT2D eigenvalue weighted by molar-refractivity contribution is 6.32. The van der Waals surface area contributed by atoms with E-state index >= 15 is 0 Å². The van der Waals surface area contributed by atoms with Crippen molar-refractivity contribution in [1.82, 2.24) is 0 Å². The third-order valence-corrected chi connectivity index (χ3v) is 2.04. The van der Waals surface area contributed by atoms with Crippen LogP contribution in [0.25, 0.3) is 0 Å². The highest BCUT2D eigenvalue weighted by Crippen LogP contribution is 2.25. The van der Waals surface area contributed by atoms with Crippen molar-refractivity contribution < 1.29 is 10.0 Å². The molecule has 0 saturated heterocycles. The number of nitro benzene ring substituents is 1. The summed E-state index contributed by atoms with van der Waals surface area (Å²) in [6.45, 7) is 1.65. The van der Waals surface area contributed by atoms with Gasteiger partial charge in [0.05, 0.1) is 11.0 Å². The molecule has 14 heavy (non-hydrogen) atoms. The van der Waals surface area contributed by atoms with E-state index in [2.05, 4.69) is 0 Å². The van der Waals surface area contributed by atoms with Crippen molar-refractivity contribution in [2.75, 3.05) is 0 Å². The van der Waals surface area contributed by atoms with E-state index < -0.39 is 11.0 Å². The number of nitrogens with zero attached hydrogens (tertiary/aromatic N) is 1. The van der Waals surface area contributed by atoms with Gasteiger partial charge >= 0.3 is 0 Å². The molecule has 0 radical (unpaired) electrons. The highest BCUT2D eigenvalue weighted by Gasteiger charge is 2.12. The Labute approximate surface area is 86.3 Å². The third-order valence-electron chi connectivity index (χ3n) is 1.74. The summed E-state index contributed by atoms with van der Waals surface area (Å²) in [5.74, 6) is 0. The van der Waals surface area contributed by atoms with Crippen LogP contribution in [-0.4, -0.2) is 16.1 Å². The first kappa shape index (κ1) is 10.9. The molecule has 1 aromatic carbocycles. The summed E-state index contributed by atoms with van der Waals surface area (Å²) < 4.78 is 0. The number of rotatable bonds is 3. The van der Waals surface area contributed by atoms with Gasteiger partial charge in [0.15, 0.2) is 0 Å². The maximum Gasteiger partial charge on any atom is 0.287 e. The Morgan fingerprint density at radius 3 is 2.71 bits per heavy atom. The summed E-state index contributed by atoms with van der Waals surface area (Å²) in [4.78, 5) is 9.89. The molecule has 0 saturated carbocycles. The molecular formula is C9H10ClNO3. The van der Waals surface area contributed by atoms with Crippen LogP contribution in [0.5, 0.6) is 0 Å². The molecule has 1 rings (SSSR count). The van der Waals surface area contributed by atoms with Crippen LogP contribution in [0.1, 0.15) is 12.5 Å². The second-order valence-electron chi connectivity index (χ2n) is 3.10. The first-order chi connectivity index (χ1) is 6.50. The highest BCUT2D eigenvalue weighted by atomic mass is 35.5. The third kappa shape index (κ3) is 2.68. The molecule has 0 aliphatic heterocycles. The Hall–Kier alpha value is -1.13. The fourth-order valence-electron chi connectivity index (χ4n) is 1.17. The van der Waals surface area contributed by atoms with Crippen molar-refractivity contribution in [3.63, 3.8) is 0 Å². The van der Waals surface area contributed by atoms with Crippen LogP contribution in [0.3, 0.4) is 0 Å². The van der Waals surface area contributed by atoms with Crippen molar-refractivity contribution in [1.29, 1.82) is 0 Å². The molecule has 0 aliphatic carbocycles. The molecule has 0 unspecified atom stereocenters. The van der Waals surface area contributed by atoms with Crippen molar-refractivity contribution in [2.45, 2.75) is 19.4 Å². The minimum Gasteiger partial charge on any atom is -0.393 e. The largest absolute Gasteiger partial charge is 0.393 e. The lowest BCUT2D eigenvalue weighted by Gasteiger charge is -2.04. The Morgan fingerprint density at radius 1 is 1.64 bits per heavy atom. The quantitative estimate of drug-likeness (QED) is 0.621. The Bertz CT molecular complexity index is 352. The van der Waals surface area contributed by atoms with Gasteiger partial charge in [0.1, 0.15) is 5.02 Å². The first-order valence-corrected chi connectivity index (χ1v) is 4.49. The maximum absolute atomic E-state index is 10.4. The van der Waals surface area contributed by atoms with Crippen molar-refractivity contribution >= 4 is 17.3 Å². The van der Waals surface area contributed by atoms with E-state index in [1.54, 1.807) is 13.0 Å². The van der Waals surface area contributed by atoms with Crippen molar-refractivity contribution in [2.24, 2.45) is 0 Å². The van der Waals surface area contributed by atoms with Gasteiger partial charge in [0.2, 0.25) is 0 Å². The molecule has 1 atom stereocenters. The Balaban J connectivity index is 2.94. The van der Waals surface area contributed by atoms with Gasteiger partial charge in [-0.2, -0.15) is 0 Å². The number of aliphatic hydroxyl groups is 1. The minimum absolute atomic E-state index is 0.105. The fraction of sp³-hybridized carbons (Fsp3) is 0.333. The fourth-order valence-corrected chi connectivity index (χ4v) is 1.44. The molecule has 0 bridgehead atoms. The van der Waals surface area contributed by atoms with E-state index in [9.17, 15) is 10.1 Å². The second-order valence-corrected chi connectivity index (χ2v) is 3.50. The smallest absolute Gasteiger partial charge is 0.287 e. The predicted octanol–water partition coefficient (Wildman–Crippen LogP) is 2.17. The van der Waals surface area contributed by atoms with E-state index in [1.807, 2.05) is 0 Å². The molecule has 0 fully saturated rings. The molecular weight excluding hydrogens is 206 g/mol. The van der Waals surface area contributed by atoms with Gasteiger partial charge in [0.25, 0.3) is 5.69 Å². The van der Waals surface area contributed by atoms with Gasteiger partial charge < -0.3 is 5.11 Å². The van der Waals surface area contributed by atoms with E-state index in [1.165, 1.54) is 12.1 Å². The minimum atomic E-state index is -0.533. The number of hydrogen-bond acceptors (Lipinski definition) is 3. The summed E-state index contributed by atoms with van der Waals surface area (Å²) in [7, 11) is 0. The molecule has 1 N–H and O–H groups in total. The number of nitro groups is 1. The molecule has 0 amide bonds. The normalized spacial score (nSPS) is 12.5. The Morgan fingerprint density at radius 2 is 2.29 bits per heavy atom. The van der Waals surface area contributed by atoms with Gasteiger partial charge in [-0.05, 0) is 25.0 Å². The van der Waals surface area contributed by atoms with Crippen LogP contribution < -0.4 is 0 Å². The van der Waals surface area contributed by atoms with Gasteiger partial charge in [0, 0.05) is 6.07 Å². The van der Waals surface area contributed by atoms with Crippen LogP contribution in [0.2, 0.25) is 5.02 Å². The number of halogens is 1. The first-order valence-electron chi connectivity index (χ1n) is 4.11. The van der Waals surface area contributed by atoms with Crippen molar-refractivity contribution in [3.8, 4) is 0 Å². The van der Waals surface area contributed by atoms with E-state index in [0.29, 0.717) is 6.42 Å². The maximum atomic E-state index is 10.4. The van der Waals surface area contributed by atoms with Gasteiger partial charge in [-0.1, -0.05) is 17.7 Å². The zero-order valence-electron chi connectivity index (χ0n) is 7.61. The molecule has 76 valence electrons. The molecule has 0 heterocycles. The van der Waals surface area contributed by atoms with Crippen LogP contribution in [0.4, 0.5) is 5.69 Å². The summed E-state index contributed by atoms with van der Waals surface area (Å²) in [5, 5.41) is 19.6. The van der Waals surface area contributed by atoms with Crippen LogP contribution >= 0.6 is 11.6 Å². The van der Waals surface area contributed by atoms with Crippen LogP contribution in [-0.2, 0) is 6.42 Å². The SMILES string of the molecule is C[C@@H](O)Cc1ccc([N+](=O)[O-])c(Cl)c1. The standard InChI is InChI=1S/C9H10ClNO3/c1-6(12)4-7-2-3-9(11(13)14)8(10)5-7/h2-3,5-6,12H,4H2,1H3/t6-/m1/s1. The predicted molar refractivity (Wildman–Crippen MR) is 53.5 cm³/mol. The second kappa shape index (κ2) is 4.39. The summed E-state index contributed by atoms with van der Waals surface area (Å²) >= 11 is 5.68. The number of benzene rings is 1. The van der Waals surface area contributed by atoms with E-state index in [0.717, 1.165) is 5.56 Å². The van der Waals surface area contributed by atoms with E-state index in [-0.39, 0.29) is 10.7 Å². The van der Waals surface area contributed by atoms with Crippen LogP contribution in [0.15, 0.2) is 18.2 Å². The van der Waals surface area contributed by atoms with Crippen LogP contribution in [0, 0.1) is 10.1 Å². The van der Waals surface area contributed by atoms with Gasteiger partial charge in [-0.3, -0.25) is 10.1 Å². The van der Waals surface area contributed by atoms with Gasteiger partial charge in [-0.15, -0.1) is 0 Å². The lowest BCUT2D eigenvalue weighted by Crippen LogP contribution is -2.04. The number of aliphatic hydroxyl groups excluding tert-OH is 1. The molecule has 0 spiro atoms. The summed E-state index contributed by atoms with van der Waals surface area (Å²) in [5.41, 5.74) is 0.677. The topological polar surface area (TPSA) is 63.4 Å². The molecule has 0 aliphatic rings. The molecule has 0 aromatic heterocycles. The zero-order valence-corrected chi connectivity index (χ0v) is 8.36. The molecule has 1 aromatic rings. The average Bonchev–Trinajstić information content (AvgIpc) is 2.01. The lowest BCUT2D eigenvalue weighted by molar-refractivity contribution is -0.384. The average molecular weight is 216 g/mol. The van der Waals surface area contributed by atoms with E-state index in [4.69, 9.17) is 16.7 Å². The summed E-state index contributed by atoms with van der Waals surface area (Å²) in [6, 6.07) is 4.45.